The van der Waals surface area contributed by atoms with Crippen LogP contribution in [0.2, 0.25) is 0 Å². The van der Waals surface area contributed by atoms with E-state index in [9.17, 15) is 14.0 Å². The maximum atomic E-state index is 13.6. The van der Waals surface area contributed by atoms with Gasteiger partial charge in [-0.2, -0.15) is 0 Å². The zero-order chi connectivity index (χ0) is 21.0. The van der Waals surface area contributed by atoms with Gasteiger partial charge in [-0.15, -0.1) is 0 Å². The van der Waals surface area contributed by atoms with Gasteiger partial charge in [0.2, 0.25) is 0 Å². The van der Waals surface area contributed by atoms with Gasteiger partial charge in [-0.3, -0.25) is 4.79 Å². The zero-order valence-electron chi connectivity index (χ0n) is 17.1. The molecule has 2 amide bonds. The average molecular weight is 405 g/mol. The van der Waals surface area contributed by atoms with Gasteiger partial charge in [-0.05, 0) is 43.0 Å². The van der Waals surface area contributed by atoms with Crippen molar-refractivity contribution in [2.45, 2.75) is 45.8 Å². The third kappa shape index (κ3) is 4.61. The van der Waals surface area contributed by atoms with Crippen molar-refractivity contribution < 1.29 is 28.2 Å². The molecule has 0 aromatic heterocycles. The number of imide groups is 1. The minimum absolute atomic E-state index is 0.0578. The Balaban J connectivity index is 1.80. The van der Waals surface area contributed by atoms with E-state index in [2.05, 4.69) is 6.92 Å². The summed E-state index contributed by atoms with van der Waals surface area (Å²) in [6.45, 7) is 7.03. The quantitative estimate of drug-likeness (QED) is 0.485. The van der Waals surface area contributed by atoms with Gasteiger partial charge in [-0.1, -0.05) is 32.4 Å². The normalized spacial score (nSPS) is 26.7. The molecular weight excluding hydrogens is 377 g/mol. The highest BCUT2D eigenvalue weighted by atomic mass is 19.1. The van der Waals surface area contributed by atoms with Gasteiger partial charge < -0.3 is 14.2 Å². The van der Waals surface area contributed by atoms with Gasteiger partial charge in [0, 0.05) is 12.5 Å². The summed E-state index contributed by atoms with van der Waals surface area (Å²) in [6.07, 6.45) is 4.35. The van der Waals surface area contributed by atoms with Crippen molar-refractivity contribution in [2.75, 3.05) is 19.8 Å². The van der Waals surface area contributed by atoms with E-state index in [4.69, 9.17) is 14.2 Å². The van der Waals surface area contributed by atoms with Crippen LogP contribution in [-0.2, 0) is 14.3 Å². The first kappa shape index (κ1) is 21.3. The number of amides is 2. The van der Waals surface area contributed by atoms with Crippen molar-refractivity contribution in [1.82, 2.24) is 4.90 Å². The first-order valence-corrected chi connectivity index (χ1v) is 10.1. The summed E-state index contributed by atoms with van der Waals surface area (Å²) >= 11 is 0. The van der Waals surface area contributed by atoms with Crippen LogP contribution in [0.3, 0.4) is 0 Å². The first-order chi connectivity index (χ1) is 13.9. The van der Waals surface area contributed by atoms with E-state index in [1.165, 1.54) is 12.1 Å². The summed E-state index contributed by atoms with van der Waals surface area (Å²) < 4.78 is 30.3. The smallest absolute Gasteiger partial charge is 0.417 e. The van der Waals surface area contributed by atoms with Gasteiger partial charge in [0.25, 0.3) is 5.91 Å². The monoisotopic (exact) mass is 405 g/mol. The SMILES string of the molecule is CCCCOC/C=C\C1C(C)[C@H]2COC(=O)N2C(=O)[C@@H]1Oc1ccc(F)c(C)c1. The Labute approximate surface area is 170 Å². The van der Waals surface area contributed by atoms with Crippen LogP contribution in [0.15, 0.2) is 30.4 Å². The molecule has 3 rings (SSSR count). The third-order valence-corrected chi connectivity index (χ3v) is 5.56. The van der Waals surface area contributed by atoms with Gasteiger partial charge >= 0.3 is 6.09 Å². The molecule has 2 aliphatic heterocycles. The minimum Gasteiger partial charge on any atom is -0.480 e. The van der Waals surface area contributed by atoms with Gasteiger partial charge in [0.15, 0.2) is 6.10 Å². The lowest BCUT2D eigenvalue weighted by Crippen LogP contribution is -2.59. The molecule has 0 bridgehead atoms. The standard InChI is InChI=1S/C22H28FNO5/c1-4-5-10-27-11-6-7-17-15(3)19-13-28-22(26)24(19)21(25)20(17)29-16-8-9-18(23)14(2)12-16/h6-9,12,15,17,19-20H,4-5,10-11,13H2,1-3H3/b7-6-/t15?,17?,19-,20-/m1/s1. The number of halogens is 1. The molecule has 7 heteroatoms. The fraction of sp³-hybridized carbons (Fsp3) is 0.545. The number of piperidine rings is 1. The van der Waals surface area contributed by atoms with Crippen LogP contribution >= 0.6 is 0 Å². The summed E-state index contributed by atoms with van der Waals surface area (Å²) in [5, 5.41) is 0. The number of hydrogen-bond acceptors (Lipinski definition) is 5. The molecule has 2 saturated heterocycles. The molecule has 29 heavy (non-hydrogen) atoms. The largest absolute Gasteiger partial charge is 0.480 e. The van der Waals surface area contributed by atoms with E-state index in [1.807, 2.05) is 19.1 Å². The second-order valence-corrected chi connectivity index (χ2v) is 7.60. The van der Waals surface area contributed by atoms with E-state index in [0.717, 1.165) is 17.7 Å². The number of fused-ring (bicyclic) bond motifs is 1. The highest BCUT2D eigenvalue weighted by Crippen LogP contribution is 2.37. The second kappa shape index (κ2) is 9.39. The van der Waals surface area contributed by atoms with Crippen molar-refractivity contribution in [3.8, 4) is 5.75 Å². The summed E-state index contributed by atoms with van der Waals surface area (Å²) in [4.78, 5) is 26.3. The van der Waals surface area contributed by atoms with Crippen LogP contribution in [-0.4, -0.2) is 48.9 Å². The Morgan fingerprint density at radius 3 is 2.86 bits per heavy atom. The topological polar surface area (TPSA) is 65.1 Å². The summed E-state index contributed by atoms with van der Waals surface area (Å²) in [5.41, 5.74) is 0.425. The molecule has 0 saturated carbocycles. The van der Waals surface area contributed by atoms with Crippen molar-refractivity contribution in [3.63, 3.8) is 0 Å². The Morgan fingerprint density at radius 2 is 2.14 bits per heavy atom. The number of benzene rings is 1. The number of carbonyl (C=O) groups excluding carboxylic acids is 2. The van der Waals surface area contributed by atoms with E-state index in [1.54, 1.807) is 13.0 Å². The van der Waals surface area contributed by atoms with Crippen LogP contribution in [0.5, 0.6) is 5.75 Å². The Hall–Kier alpha value is -2.41. The molecule has 4 atom stereocenters. The number of ether oxygens (including phenoxy) is 3. The maximum absolute atomic E-state index is 13.6. The molecule has 1 aromatic carbocycles. The number of aryl methyl sites for hydroxylation is 1. The van der Waals surface area contributed by atoms with Crippen LogP contribution in [0, 0.1) is 24.6 Å². The molecule has 2 aliphatic rings. The van der Waals surface area contributed by atoms with Gasteiger partial charge in [-0.25, -0.2) is 14.1 Å². The predicted octanol–water partition coefficient (Wildman–Crippen LogP) is 3.87. The Morgan fingerprint density at radius 1 is 1.34 bits per heavy atom. The number of unbranched alkanes of at least 4 members (excludes halogenated alkanes) is 1. The number of nitrogens with zero attached hydrogens (tertiary/aromatic N) is 1. The van der Waals surface area contributed by atoms with E-state index in [-0.39, 0.29) is 30.3 Å². The molecule has 158 valence electrons. The molecule has 2 heterocycles. The lowest BCUT2D eigenvalue weighted by Gasteiger charge is -2.40. The fourth-order valence-electron chi connectivity index (χ4n) is 3.76. The Bertz CT molecular complexity index is 780. The molecule has 2 fully saturated rings. The van der Waals surface area contributed by atoms with Crippen LogP contribution in [0.4, 0.5) is 9.18 Å². The molecule has 1 aromatic rings. The number of carbonyl (C=O) groups is 2. The van der Waals surface area contributed by atoms with Gasteiger partial charge in [0.05, 0.1) is 12.6 Å². The van der Waals surface area contributed by atoms with Crippen LogP contribution in [0.1, 0.15) is 32.3 Å². The number of cyclic esters (lactones) is 1. The molecule has 0 aliphatic carbocycles. The summed E-state index contributed by atoms with van der Waals surface area (Å²) in [6, 6.07) is 4.03. The molecule has 0 spiro atoms. The highest BCUT2D eigenvalue weighted by Gasteiger charge is 2.53. The van der Waals surface area contributed by atoms with Crippen LogP contribution < -0.4 is 4.74 Å². The zero-order valence-corrected chi connectivity index (χ0v) is 17.1. The molecule has 0 radical (unpaired) electrons. The highest BCUT2D eigenvalue weighted by molar-refractivity contribution is 5.97. The Kier molecular flexibility index (Phi) is 6.90. The molecule has 2 unspecified atom stereocenters. The molecule has 6 nitrogen and oxygen atoms in total. The molecule has 0 N–H and O–H groups in total. The number of hydrogen-bond donors (Lipinski definition) is 0. The van der Waals surface area contributed by atoms with E-state index in [0.29, 0.717) is 24.5 Å². The predicted molar refractivity (Wildman–Crippen MR) is 105 cm³/mol. The van der Waals surface area contributed by atoms with E-state index < -0.39 is 18.1 Å². The van der Waals surface area contributed by atoms with E-state index >= 15 is 0 Å². The third-order valence-electron chi connectivity index (χ3n) is 5.56. The van der Waals surface area contributed by atoms with Crippen molar-refractivity contribution in [3.05, 3.63) is 41.7 Å². The fourth-order valence-corrected chi connectivity index (χ4v) is 3.76. The maximum Gasteiger partial charge on any atom is 0.417 e. The molecular formula is C22H28FNO5. The minimum atomic E-state index is -0.899. The van der Waals surface area contributed by atoms with Gasteiger partial charge in [0.1, 0.15) is 18.2 Å². The lowest BCUT2D eigenvalue weighted by atomic mass is 9.79. The summed E-state index contributed by atoms with van der Waals surface area (Å²) in [7, 11) is 0. The van der Waals surface area contributed by atoms with Crippen molar-refractivity contribution >= 4 is 12.0 Å². The van der Waals surface area contributed by atoms with Crippen LogP contribution in [0.25, 0.3) is 0 Å². The average Bonchev–Trinajstić information content (AvgIpc) is 3.09. The number of rotatable bonds is 8. The lowest BCUT2D eigenvalue weighted by molar-refractivity contribution is -0.145. The second-order valence-electron chi connectivity index (χ2n) is 7.60. The summed E-state index contributed by atoms with van der Waals surface area (Å²) in [5.74, 6) is -0.710. The van der Waals surface area contributed by atoms with Crippen molar-refractivity contribution in [1.29, 1.82) is 0 Å². The van der Waals surface area contributed by atoms with Crippen molar-refractivity contribution in [2.24, 2.45) is 11.8 Å². The first-order valence-electron chi connectivity index (χ1n) is 10.1.